The minimum atomic E-state index is -0.262. The van der Waals surface area contributed by atoms with Crippen LogP contribution in [0, 0.1) is 6.92 Å². The maximum atomic E-state index is 12.4. The Balaban J connectivity index is 1.84. The van der Waals surface area contributed by atoms with Crippen molar-refractivity contribution < 1.29 is 9.53 Å². The summed E-state index contributed by atoms with van der Waals surface area (Å²) in [6.07, 6.45) is 2.84. The maximum Gasteiger partial charge on any atom is 0.271 e. The highest BCUT2D eigenvalue weighted by Gasteiger charge is 2.37. The third-order valence-corrected chi connectivity index (χ3v) is 5.88. The molecule has 3 rings (SSSR count). The van der Waals surface area contributed by atoms with Gasteiger partial charge in [0.25, 0.3) is 5.91 Å². The Morgan fingerprint density at radius 1 is 1.30 bits per heavy atom. The number of hydrazone groups is 1. The van der Waals surface area contributed by atoms with E-state index in [-0.39, 0.29) is 11.4 Å². The van der Waals surface area contributed by atoms with Crippen molar-refractivity contribution in [2.24, 2.45) is 5.10 Å². The van der Waals surface area contributed by atoms with Gasteiger partial charge in [-0.1, -0.05) is 13.0 Å². The van der Waals surface area contributed by atoms with Gasteiger partial charge >= 0.3 is 0 Å². The number of nitrogens with one attached hydrogen (secondary N) is 1. The summed E-state index contributed by atoms with van der Waals surface area (Å²) in [5.74, 6) is 0.842. The van der Waals surface area contributed by atoms with Gasteiger partial charge in [-0.3, -0.25) is 4.79 Å². The van der Waals surface area contributed by atoms with Crippen molar-refractivity contribution in [2.45, 2.75) is 65.5 Å². The summed E-state index contributed by atoms with van der Waals surface area (Å²) in [5, 5.41) is 4.21. The predicted octanol–water partition coefficient (Wildman–Crippen LogP) is 5.27. The topological polar surface area (TPSA) is 53.9 Å². The molecule has 0 aliphatic carbocycles. The second-order valence-corrected chi connectivity index (χ2v) is 9.08. The smallest absolute Gasteiger partial charge is 0.271 e. The highest BCUT2D eigenvalue weighted by Crippen LogP contribution is 2.45. The SMILES string of the molecule is COc1cccc(C(=O)N/N=C\c2cc3c(cc2C)N(C(C)C)C(C)(C)C[C@@H]3C)c1. The monoisotopic (exact) mass is 407 g/mol. The van der Waals surface area contributed by atoms with Crippen molar-refractivity contribution in [3.05, 3.63) is 58.7 Å². The average molecular weight is 408 g/mol. The molecule has 0 aromatic heterocycles. The van der Waals surface area contributed by atoms with Gasteiger partial charge in [-0.15, -0.1) is 0 Å². The number of carbonyl (C=O) groups is 1. The highest BCUT2D eigenvalue weighted by atomic mass is 16.5. The van der Waals surface area contributed by atoms with E-state index in [9.17, 15) is 4.79 Å². The Bertz CT molecular complexity index is 963. The molecule has 0 bridgehead atoms. The summed E-state index contributed by atoms with van der Waals surface area (Å²) >= 11 is 0. The van der Waals surface area contributed by atoms with Gasteiger partial charge in [0.05, 0.1) is 13.3 Å². The van der Waals surface area contributed by atoms with Crippen LogP contribution in [0.1, 0.15) is 74.0 Å². The van der Waals surface area contributed by atoms with Crippen molar-refractivity contribution in [2.75, 3.05) is 12.0 Å². The second-order valence-electron chi connectivity index (χ2n) is 9.08. The van der Waals surface area contributed by atoms with Crippen LogP contribution in [-0.2, 0) is 0 Å². The number of hydrogen-bond donors (Lipinski definition) is 1. The lowest BCUT2D eigenvalue weighted by Gasteiger charge is -2.50. The Morgan fingerprint density at radius 2 is 2.03 bits per heavy atom. The zero-order chi connectivity index (χ0) is 22.1. The molecule has 5 heteroatoms. The van der Waals surface area contributed by atoms with Crippen molar-refractivity contribution in [1.29, 1.82) is 0 Å². The second kappa shape index (κ2) is 8.50. The van der Waals surface area contributed by atoms with E-state index in [1.165, 1.54) is 11.3 Å². The minimum absolute atomic E-state index is 0.118. The van der Waals surface area contributed by atoms with Gasteiger partial charge < -0.3 is 9.64 Å². The number of hydrogen-bond acceptors (Lipinski definition) is 4. The lowest BCUT2D eigenvalue weighted by atomic mass is 9.78. The number of nitrogens with zero attached hydrogens (tertiary/aromatic N) is 2. The fourth-order valence-electron chi connectivity index (χ4n) is 4.72. The highest BCUT2D eigenvalue weighted by molar-refractivity contribution is 5.95. The van der Waals surface area contributed by atoms with Gasteiger partial charge in [-0.25, -0.2) is 5.43 Å². The largest absolute Gasteiger partial charge is 0.497 e. The van der Waals surface area contributed by atoms with E-state index in [4.69, 9.17) is 4.74 Å². The predicted molar refractivity (Wildman–Crippen MR) is 124 cm³/mol. The third-order valence-electron chi connectivity index (χ3n) is 5.88. The van der Waals surface area contributed by atoms with Crippen molar-refractivity contribution in [3.8, 4) is 5.75 Å². The van der Waals surface area contributed by atoms with Gasteiger partial charge in [0.2, 0.25) is 0 Å². The molecule has 1 aliphatic heterocycles. The number of rotatable bonds is 5. The van der Waals surface area contributed by atoms with Gasteiger partial charge in [0, 0.05) is 22.8 Å². The molecule has 0 unspecified atom stereocenters. The molecule has 1 N–H and O–H groups in total. The quantitative estimate of drug-likeness (QED) is 0.543. The van der Waals surface area contributed by atoms with Crippen LogP contribution in [0.25, 0.3) is 0 Å². The first kappa shape index (κ1) is 21.9. The molecule has 1 amide bonds. The van der Waals surface area contributed by atoms with E-state index in [1.807, 2.05) is 0 Å². The zero-order valence-corrected chi connectivity index (χ0v) is 19.1. The first-order valence-corrected chi connectivity index (χ1v) is 10.6. The van der Waals surface area contributed by atoms with Crippen LogP contribution in [0.5, 0.6) is 5.75 Å². The number of benzene rings is 2. The van der Waals surface area contributed by atoms with Crippen LogP contribution in [-0.4, -0.2) is 30.8 Å². The summed E-state index contributed by atoms with van der Waals surface area (Å²) in [6, 6.07) is 11.9. The Morgan fingerprint density at radius 3 is 2.70 bits per heavy atom. The van der Waals surface area contributed by atoms with Crippen LogP contribution in [0.3, 0.4) is 0 Å². The molecule has 0 radical (unpaired) electrons. The normalized spacial score (nSPS) is 17.9. The molecular weight excluding hydrogens is 374 g/mol. The molecule has 5 nitrogen and oxygen atoms in total. The average Bonchev–Trinajstić information content (AvgIpc) is 2.67. The van der Waals surface area contributed by atoms with Crippen molar-refractivity contribution >= 4 is 17.8 Å². The lowest BCUT2D eigenvalue weighted by molar-refractivity contribution is 0.0955. The van der Waals surface area contributed by atoms with Gasteiger partial charge in [0.1, 0.15) is 5.75 Å². The Hall–Kier alpha value is -2.82. The van der Waals surface area contributed by atoms with Crippen LogP contribution in [0.4, 0.5) is 5.69 Å². The molecule has 0 fully saturated rings. The first-order chi connectivity index (χ1) is 14.1. The van der Waals surface area contributed by atoms with Crippen LogP contribution in [0.15, 0.2) is 41.5 Å². The molecule has 2 aromatic rings. The van der Waals surface area contributed by atoms with Crippen LogP contribution in [0.2, 0.25) is 0 Å². The molecule has 0 saturated carbocycles. The molecular formula is C25H33N3O2. The molecule has 1 heterocycles. The van der Waals surface area contributed by atoms with Crippen molar-refractivity contribution in [1.82, 2.24) is 5.43 Å². The number of carbonyl (C=O) groups excluding carboxylic acids is 1. The lowest BCUT2D eigenvalue weighted by Crippen LogP contribution is -2.51. The van der Waals surface area contributed by atoms with E-state index in [1.54, 1.807) is 37.6 Å². The molecule has 0 saturated heterocycles. The molecule has 0 spiro atoms. The number of anilines is 1. The van der Waals surface area contributed by atoms with E-state index in [0.717, 1.165) is 17.5 Å². The van der Waals surface area contributed by atoms with E-state index >= 15 is 0 Å². The summed E-state index contributed by atoms with van der Waals surface area (Å²) in [5.41, 5.74) is 8.07. The summed E-state index contributed by atoms with van der Waals surface area (Å²) in [4.78, 5) is 14.9. The Kier molecular flexibility index (Phi) is 6.20. The maximum absolute atomic E-state index is 12.4. The molecule has 30 heavy (non-hydrogen) atoms. The fourth-order valence-corrected chi connectivity index (χ4v) is 4.72. The van der Waals surface area contributed by atoms with Crippen LogP contribution < -0.4 is 15.1 Å². The number of amides is 1. The molecule has 1 aliphatic rings. The third kappa shape index (κ3) is 4.35. The van der Waals surface area contributed by atoms with E-state index in [2.05, 4.69) is 69.1 Å². The van der Waals surface area contributed by atoms with E-state index in [0.29, 0.717) is 23.3 Å². The van der Waals surface area contributed by atoms with Crippen molar-refractivity contribution in [3.63, 3.8) is 0 Å². The number of methoxy groups -OCH3 is 1. The zero-order valence-electron chi connectivity index (χ0n) is 19.1. The van der Waals surface area contributed by atoms with Gasteiger partial charge in [-0.05, 0) is 94.0 Å². The number of aryl methyl sites for hydroxylation is 1. The van der Waals surface area contributed by atoms with Gasteiger partial charge in [-0.2, -0.15) is 5.10 Å². The van der Waals surface area contributed by atoms with Crippen LogP contribution >= 0.6 is 0 Å². The van der Waals surface area contributed by atoms with Gasteiger partial charge in [0.15, 0.2) is 0 Å². The molecule has 2 aromatic carbocycles. The fraction of sp³-hybridized carbons (Fsp3) is 0.440. The number of fused-ring (bicyclic) bond motifs is 1. The summed E-state index contributed by atoms with van der Waals surface area (Å²) in [7, 11) is 1.58. The molecule has 160 valence electrons. The first-order valence-electron chi connectivity index (χ1n) is 10.6. The Labute approximate surface area is 180 Å². The number of ether oxygens (including phenoxy) is 1. The molecule has 1 atom stereocenters. The van der Waals surface area contributed by atoms with E-state index < -0.39 is 0 Å². The standard InChI is InChI=1S/C25H33N3O2/c1-16(2)28-23-11-17(3)20(13-22(23)18(4)14-25(28,5)6)15-26-27-24(29)19-9-8-10-21(12-19)30-7/h8-13,15-16,18H,14H2,1-7H3,(H,27,29)/b26-15-/t18-/m0/s1. The minimum Gasteiger partial charge on any atom is -0.497 e. The summed E-state index contributed by atoms with van der Waals surface area (Å²) < 4.78 is 5.18. The summed E-state index contributed by atoms with van der Waals surface area (Å²) in [6.45, 7) is 13.5.